The van der Waals surface area contributed by atoms with Gasteiger partial charge in [0.1, 0.15) is 6.10 Å². The predicted octanol–water partition coefficient (Wildman–Crippen LogP) is 3.74. The van der Waals surface area contributed by atoms with E-state index < -0.39 is 6.10 Å². The van der Waals surface area contributed by atoms with Crippen molar-refractivity contribution in [2.75, 3.05) is 0 Å². The summed E-state index contributed by atoms with van der Waals surface area (Å²) >= 11 is 0. The van der Waals surface area contributed by atoms with Crippen molar-refractivity contribution in [2.24, 2.45) is 35.0 Å². The maximum atomic E-state index is 11.8. The number of hydrogen-bond donors (Lipinski definition) is 1. The lowest BCUT2D eigenvalue weighted by Gasteiger charge is -2.55. The standard InChI is InChI=1S/C19H28O2/c1-11-8-12-9-16(20)17(21)10-14(12)13-5-7-19(2)6-3-4-15(19)18(11)13/h9,11,13-15,17-18,21H,3-8,10H2,1-2H3/t11?,13-,14+,15+,17?,18-,19+/m1/s1. The molecule has 4 aliphatic carbocycles. The molecule has 0 radical (unpaired) electrons. The molecule has 21 heavy (non-hydrogen) atoms. The molecule has 0 aromatic carbocycles. The first-order valence-electron chi connectivity index (χ1n) is 8.92. The lowest BCUT2D eigenvalue weighted by atomic mass is 9.50. The molecule has 3 fully saturated rings. The SMILES string of the molecule is CC1CC2=CC(=O)C(O)C[C@@H]2[C@H]2CC[C@]3(C)CCC[C@H]3[C@H]12. The van der Waals surface area contributed by atoms with Crippen LogP contribution in [0.5, 0.6) is 0 Å². The molecule has 4 aliphatic rings. The quantitative estimate of drug-likeness (QED) is 0.737. The van der Waals surface area contributed by atoms with Gasteiger partial charge in [0, 0.05) is 0 Å². The topological polar surface area (TPSA) is 37.3 Å². The van der Waals surface area contributed by atoms with E-state index in [9.17, 15) is 9.90 Å². The molecule has 0 aromatic rings. The van der Waals surface area contributed by atoms with Crippen molar-refractivity contribution < 1.29 is 9.90 Å². The van der Waals surface area contributed by atoms with Gasteiger partial charge in [0.25, 0.3) is 0 Å². The first-order valence-corrected chi connectivity index (χ1v) is 8.92. The van der Waals surface area contributed by atoms with E-state index in [2.05, 4.69) is 13.8 Å². The van der Waals surface area contributed by atoms with Crippen LogP contribution in [-0.4, -0.2) is 17.0 Å². The highest BCUT2D eigenvalue weighted by atomic mass is 16.3. The minimum Gasteiger partial charge on any atom is -0.385 e. The van der Waals surface area contributed by atoms with Gasteiger partial charge in [-0.15, -0.1) is 0 Å². The molecule has 0 saturated heterocycles. The molecule has 4 rings (SSSR count). The lowest BCUT2D eigenvalue weighted by Crippen LogP contribution is -2.49. The van der Waals surface area contributed by atoms with Crippen molar-refractivity contribution in [3.05, 3.63) is 11.6 Å². The van der Waals surface area contributed by atoms with Crippen LogP contribution in [0.4, 0.5) is 0 Å². The second-order valence-corrected chi connectivity index (χ2v) is 8.59. The zero-order valence-corrected chi connectivity index (χ0v) is 13.3. The largest absolute Gasteiger partial charge is 0.385 e. The molecule has 1 N–H and O–H groups in total. The summed E-state index contributed by atoms with van der Waals surface area (Å²) in [6.07, 6.45) is 9.77. The van der Waals surface area contributed by atoms with Crippen LogP contribution in [0, 0.1) is 35.0 Å². The normalized spacial score (nSPS) is 52.7. The van der Waals surface area contributed by atoms with Gasteiger partial charge in [-0.1, -0.05) is 25.8 Å². The van der Waals surface area contributed by atoms with Crippen LogP contribution in [0.2, 0.25) is 0 Å². The number of allylic oxidation sites excluding steroid dienone is 1. The van der Waals surface area contributed by atoms with Gasteiger partial charge in [0.2, 0.25) is 0 Å². The fraction of sp³-hybridized carbons (Fsp3) is 0.842. The fourth-order valence-electron chi connectivity index (χ4n) is 6.56. The van der Waals surface area contributed by atoms with Crippen molar-refractivity contribution in [1.82, 2.24) is 0 Å². The van der Waals surface area contributed by atoms with Crippen molar-refractivity contribution in [2.45, 2.75) is 64.9 Å². The van der Waals surface area contributed by atoms with E-state index in [4.69, 9.17) is 0 Å². The van der Waals surface area contributed by atoms with E-state index in [-0.39, 0.29) is 5.78 Å². The highest BCUT2D eigenvalue weighted by Gasteiger charge is 2.54. The monoisotopic (exact) mass is 288 g/mol. The molecule has 116 valence electrons. The number of aliphatic hydroxyl groups excluding tert-OH is 1. The summed E-state index contributed by atoms with van der Waals surface area (Å²) in [7, 11) is 0. The minimum atomic E-state index is -0.732. The highest BCUT2D eigenvalue weighted by molar-refractivity contribution is 5.95. The molecule has 0 bridgehead atoms. The first kappa shape index (κ1) is 14.0. The third-order valence-electron chi connectivity index (χ3n) is 7.51. The van der Waals surface area contributed by atoms with E-state index in [1.54, 1.807) is 6.08 Å². The zero-order valence-electron chi connectivity index (χ0n) is 13.3. The Bertz CT molecular complexity index is 494. The third-order valence-corrected chi connectivity index (χ3v) is 7.51. The van der Waals surface area contributed by atoms with E-state index in [0.717, 1.165) is 24.2 Å². The third kappa shape index (κ3) is 1.98. The Morgan fingerprint density at radius 3 is 2.90 bits per heavy atom. The van der Waals surface area contributed by atoms with Crippen LogP contribution < -0.4 is 0 Å². The van der Waals surface area contributed by atoms with Crippen LogP contribution in [-0.2, 0) is 4.79 Å². The molecular formula is C19H28O2. The Hall–Kier alpha value is -0.630. The molecule has 7 atom stereocenters. The highest BCUT2D eigenvalue weighted by Crippen LogP contribution is 2.62. The molecule has 0 spiro atoms. The zero-order chi connectivity index (χ0) is 14.8. The molecule has 0 amide bonds. The summed E-state index contributed by atoms with van der Waals surface area (Å²) in [5, 5.41) is 10.0. The van der Waals surface area contributed by atoms with Gasteiger partial charge in [-0.3, -0.25) is 4.79 Å². The summed E-state index contributed by atoms with van der Waals surface area (Å²) in [6.45, 7) is 4.94. The molecule has 0 aromatic heterocycles. The van der Waals surface area contributed by atoms with Gasteiger partial charge in [-0.05, 0) is 79.6 Å². The summed E-state index contributed by atoms with van der Waals surface area (Å²) < 4.78 is 0. The number of carbonyl (C=O) groups is 1. The lowest BCUT2D eigenvalue weighted by molar-refractivity contribution is -0.125. The Labute approximate surface area is 128 Å². The molecule has 0 heterocycles. The number of hydrogen-bond acceptors (Lipinski definition) is 2. The second-order valence-electron chi connectivity index (χ2n) is 8.59. The Kier molecular flexibility index (Phi) is 3.12. The van der Waals surface area contributed by atoms with Crippen molar-refractivity contribution in [3.63, 3.8) is 0 Å². The molecule has 3 saturated carbocycles. The second kappa shape index (κ2) is 4.68. The summed E-state index contributed by atoms with van der Waals surface area (Å²) in [5.74, 6) is 3.59. The van der Waals surface area contributed by atoms with Gasteiger partial charge >= 0.3 is 0 Å². The average molecular weight is 288 g/mol. The number of ketones is 1. The van der Waals surface area contributed by atoms with E-state index in [1.165, 1.54) is 37.7 Å². The number of carbonyl (C=O) groups excluding carboxylic acids is 1. The fourth-order valence-corrected chi connectivity index (χ4v) is 6.56. The van der Waals surface area contributed by atoms with Crippen LogP contribution in [0.1, 0.15) is 58.8 Å². The van der Waals surface area contributed by atoms with Crippen molar-refractivity contribution in [1.29, 1.82) is 0 Å². The van der Waals surface area contributed by atoms with E-state index >= 15 is 0 Å². The van der Waals surface area contributed by atoms with Gasteiger partial charge in [0.05, 0.1) is 0 Å². The number of fused-ring (bicyclic) bond motifs is 5. The van der Waals surface area contributed by atoms with Gasteiger partial charge in [-0.25, -0.2) is 0 Å². The first-order chi connectivity index (χ1) is 9.99. The van der Waals surface area contributed by atoms with E-state index in [1.807, 2.05) is 0 Å². The number of aliphatic hydroxyl groups is 1. The Morgan fingerprint density at radius 2 is 2.10 bits per heavy atom. The minimum absolute atomic E-state index is 0.0478. The number of rotatable bonds is 0. The van der Waals surface area contributed by atoms with Crippen molar-refractivity contribution in [3.8, 4) is 0 Å². The molecule has 0 aliphatic heterocycles. The van der Waals surface area contributed by atoms with Gasteiger partial charge < -0.3 is 5.11 Å². The molecule has 2 nitrogen and oxygen atoms in total. The van der Waals surface area contributed by atoms with Crippen LogP contribution in [0.15, 0.2) is 11.6 Å². The Balaban J connectivity index is 1.68. The van der Waals surface area contributed by atoms with Gasteiger partial charge in [-0.2, -0.15) is 0 Å². The predicted molar refractivity (Wildman–Crippen MR) is 82.6 cm³/mol. The maximum Gasteiger partial charge on any atom is 0.184 e. The summed E-state index contributed by atoms with van der Waals surface area (Å²) in [5.41, 5.74) is 1.94. The van der Waals surface area contributed by atoms with Crippen LogP contribution >= 0.6 is 0 Å². The van der Waals surface area contributed by atoms with Crippen molar-refractivity contribution >= 4 is 5.78 Å². The molecule has 2 unspecified atom stereocenters. The van der Waals surface area contributed by atoms with Crippen LogP contribution in [0.3, 0.4) is 0 Å². The maximum absolute atomic E-state index is 11.8. The smallest absolute Gasteiger partial charge is 0.184 e. The van der Waals surface area contributed by atoms with E-state index in [0.29, 0.717) is 23.7 Å². The summed E-state index contributed by atoms with van der Waals surface area (Å²) in [4.78, 5) is 11.8. The average Bonchev–Trinajstić information content (AvgIpc) is 2.82. The Morgan fingerprint density at radius 1 is 1.29 bits per heavy atom. The molecule has 2 heteroatoms. The molecular weight excluding hydrogens is 260 g/mol. The van der Waals surface area contributed by atoms with Crippen LogP contribution in [0.25, 0.3) is 0 Å². The summed E-state index contributed by atoms with van der Waals surface area (Å²) in [6, 6.07) is 0. The van der Waals surface area contributed by atoms with Gasteiger partial charge in [0.15, 0.2) is 5.78 Å².